The quantitative estimate of drug-likeness (QED) is 0.761. The van der Waals surface area contributed by atoms with Crippen molar-refractivity contribution in [2.75, 3.05) is 24.7 Å². The van der Waals surface area contributed by atoms with Gasteiger partial charge in [-0.15, -0.1) is 0 Å². The van der Waals surface area contributed by atoms with Gasteiger partial charge >= 0.3 is 0 Å². The molecule has 0 radical (unpaired) electrons. The first-order valence-electron chi connectivity index (χ1n) is 6.18. The topological polar surface area (TPSA) is 80.8 Å². The Morgan fingerprint density at radius 2 is 1.70 bits per heavy atom. The standard InChI is InChI=1S/C14H14N6/c1-20(2)14-18-12(17-13(15)19-14)11-8-7-9-5-3-4-6-10(9)16-11/h3-8H,1-2H3,(H2,15,17,18,19). The van der Waals surface area contributed by atoms with Crippen molar-refractivity contribution in [1.82, 2.24) is 19.9 Å². The van der Waals surface area contributed by atoms with Crippen LogP contribution >= 0.6 is 0 Å². The predicted molar refractivity (Wildman–Crippen MR) is 79.3 cm³/mol. The number of benzene rings is 1. The minimum Gasteiger partial charge on any atom is -0.368 e. The summed E-state index contributed by atoms with van der Waals surface area (Å²) < 4.78 is 0. The van der Waals surface area contributed by atoms with Crippen LogP contribution in [0.15, 0.2) is 36.4 Å². The molecule has 6 heteroatoms. The van der Waals surface area contributed by atoms with E-state index >= 15 is 0 Å². The van der Waals surface area contributed by atoms with Gasteiger partial charge in [0.05, 0.1) is 5.52 Å². The van der Waals surface area contributed by atoms with Crippen LogP contribution in [0.4, 0.5) is 11.9 Å². The van der Waals surface area contributed by atoms with E-state index in [9.17, 15) is 0 Å². The molecule has 0 bridgehead atoms. The van der Waals surface area contributed by atoms with Gasteiger partial charge in [0, 0.05) is 19.5 Å². The minimum absolute atomic E-state index is 0.189. The van der Waals surface area contributed by atoms with Crippen molar-refractivity contribution in [2.45, 2.75) is 0 Å². The lowest BCUT2D eigenvalue weighted by Crippen LogP contribution is -2.15. The van der Waals surface area contributed by atoms with Crippen molar-refractivity contribution in [3.05, 3.63) is 36.4 Å². The second kappa shape index (κ2) is 4.73. The highest BCUT2D eigenvalue weighted by Crippen LogP contribution is 2.19. The normalized spacial score (nSPS) is 10.7. The minimum atomic E-state index is 0.189. The van der Waals surface area contributed by atoms with Gasteiger partial charge in [0.15, 0.2) is 5.82 Å². The predicted octanol–water partition coefficient (Wildman–Crippen LogP) is 1.73. The van der Waals surface area contributed by atoms with Crippen molar-refractivity contribution in [3.63, 3.8) is 0 Å². The Morgan fingerprint density at radius 3 is 2.50 bits per heavy atom. The molecule has 0 aliphatic carbocycles. The molecule has 3 aromatic rings. The number of anilines is 2. The molecule has 6 nitrogen and oxygen atoms in total. The van der Waals surface area contributed by atoms with Gasteiger partial charge in [0.1, 0.15) is 5.69 Å². The summed E-state index contributed by atoms with van der Waals surface area (Å²) in [5.74, 6) is 1.18. The molecule has 3 rings (SSSR count). The maximum Gasteiger partial charge on any atom is 0.230 e. The van der Waals surface area contributed by atoms with Crippen LogP contribution in [0.5, 0.6) is 0 Å². The van der Waals surface area contributed by atoms with E-state index < -0.39 is 0 Å². The van der Waals surface area contributed by atoms with E-state index in [0.717, 1.165) is 10.9 Å². The largest absolute Gasteiger partial charge is 0.368 e. The Bertz CT molecular complexity index is 768. The second-order valence-electron chi connectivity index (χ2n) is 4.60. The summed E-state index contributed by atoms with van der Waals surface area (Å²) in [4.78, 5) is 18.9. The summed E-state index contributed by atoms with van der Waals surface area (Å²) in [7, 11) is 3.71. The highest BCUT2D eigenvalue weighted by molar-refractivity contribution is 5.80. The summed E-state index contributed by atoms with van der Waals surface area (Å²) in [6, 6.07) is 11.8. The van der Waals surface area contributed by atoms with Gasteiger partial charge in [-0.1, -0.05) is 24.3 Å². The zero-order chi connectivity index (χ0) is 14.1. The third-order valence-corrected chi connectivity index (χ3v) is 2.87. The molecule has 1 aromatic carbocycles. The molecule has 0 aliphatic rings. The van der Waals surface area contributed by atoms with Crippen molar-refractivity contribution in [3.8, 4) is 11.5 Å². The van der Waals surface area contributed by atoms with Crippen molar-refractivity contribution >= 4 is 22.8 Å². The molecule has 0 aliphatic heterocycles. The number of pyridine rings is 1. The van der Waals surface area contributed by atoms with E-state index in [1.165, 1.54) is 0 Å². The molecule has 0 saturated carbocycles. The Hall–Kier alpha value is -2.76. The molecular weight excluding hydrogens is 252 g/mol. The molecule has 0 spiro atoms. The number of aromatic nitrogens is 4. The van der Waals surface area contributed by atoms with E-state index in [4.69, 9.17) is 5.73 Å². The zero-order valence-electron chi connectivity index (χ0n) is 11.3. The van der Waals surface area contributed by atoms with Crippen LogP contribution in [0.1, 0.15) is 0 Å². The molecular formula is C14H14N6. The molecule has 0 amide bonds. The van der Waals surface area contributed by atoms with Crippen LogP contribution in [0.25, 0.3) is 22.4 Å². The summed E-state index contributed by atoms with van der Waals surface area (Å²) in [6.45, 7) is 0. The van der Waals surface area contributed by atoms with E-state index in [0.29, 0.717) is 17.5 Å². The number of nitrogen functional groups attached to an aromatic ring is 1. The van der Waals surface area contributed by atoms with E-state index in [1.807, 2.05) is 50.5 Å². The van der Waals surface area contributed by atoms with Gasteiger partial charge in [-0.3, -0.25) is 0 Å². The molecule has 100 valence electrons. The van der Waals surface area contributed by atoms with Crippen LogP contribution in [-0.4, -0.2) is 34.0 Å². The Morgan fingerprint density at radius 1 is 0.900 bits per heavy atom. The van der Waals surface area contributed by atoms with E-state index in [-0.39, 0.29) is 5.95 Å². The number of rotatable bonds is 2. The third-order valence-electron chi connectivity index (χ3n) is 2.87. The number of nitrogens with zero attached hydrogens (tertiary/aromatic N) is 5. The maximum atomic E-state index is 5.73. The molecule has 0 unspecified atom stereocenters. The van der Waals surface area contributed by atoms with E-state index in [1.54, 1.807) is 4.90 Å². The van der Waals surface area contributed by atoms with Crippen molar-refractivity contribution < 1.29 is 0 Å². The lowest BCUT2D eigenvalue weighted by Gasteiger charge is -2.11. The smallest absolute Gasteiger partial charge is 0.230 e. The molecule has 0 atom stereocenters. The fraction of sp³-hybridized carbons (Fsp3) is 0.143. The summed E-state index contributed by atoms with van der Waals surface area (Å²) in [5.41, 5.74) is 7.31. The number of fused-ring (bicyclic) bond motifs is 1. The van der Waals surface area contributed by atoms with Gasteiger partial charge in [0.2, 0.25) is 11.9 Å². The molecule has 0 fully saturated rings. The maximum absolute atomic E-state index is 5.73. The van der Waals surface area contributed by atoms with Crippen LogP contribution in [0.2, 0.25) is 0 Å². The highest BCUT2D eigenvalue weighted by Gasteiger charge is 2.09. The number of para-hydroxylation sites is 1. The average Bonchev–Trinajstić information content (AvgIpc) is 2.46. The number of hydrogen-bond donors (Lipinski definition) is 1. The van der Waals surface area contributed by atoms with Gasteiger partial charge < -0.3 is 10.6 Å². The summed E-state index contributed by atoms with van der Waals surface area (Å²) in [6.07, 6.45) is 0. The van der Waals surface area contributed by atoms with Gasteiger partial charge in [0.25, 0.3) is 0 Å². The van der Waals surface area contributed by atoms with Crippen LogP contribution in [0, 0.1) is 0 Å². The van der Waals surface area contributed by atoms with Crippen molar-refractivity contribution in [1.29, 1.82) is 0 Å². The third kappa shape index (κ3) is 2.23. The number of hydrogen-bond acceptors (Lipinski definition) is 6. The monoisotopic (exact) mass is 266 g/mol. The van der Waals surface area contributed by atoms with Gasteiger partial charge in [-0.05, 0) is 12.1 Å². The Balaban J connectivity index is 2.15. The lowest BCUT2D eigenvalue weighted by molar-refractivity contribution is 0.966. The molecule has 0 saturated heterocycles. The van der Waals surface area contributed by atoms with Crippen molar-refractivity contribution in [2.24, 2.45) is 0 Å². The SMILES string of the molecule is CN(C)c1nc(N)nc(-c2ccc3ccccc3n2)n1. The average molecular weight is 266 g/mol. The number of nitrogens with two attached hydrogens (primary N) is 1. The highest BCUT2D eigenvalue weighted by atomic mass is 15.3. The zero-order valence-corrected chi connectivity index (χ0v) is 11.3. The van der Waals surface area contributed by atoms with Crippen LogP contribution < -0.4 is 10.6 Å². The first kappa shape index (κ1) is 12.3. The second-order valence-corrected chi connectivity index (χ2v) is 4.60. The van der Waals surface area contributed by atoms with Crippen LogP contribution in [-0.2, 0) is 0 Å². The summed E-state index contributed by atoms with van der Waals surface area (Å²) >= 11 is 0. The molecule has 2 heterocycles. The first-order chi connectivity index (χ1) is 9.63. The van der Waals surface area contributed by atoms with Crippen LogP contribution in [0.3, 0.4) is 0 Å². The molecule has 20 heavy (non-hydrogen) atoms. The fourth-order valence-electron chi connectivity index (χ4n) is 1.89. The Kier molecular flexibility index (Phi) is 2.90. The molecule has 2 N–H and O–H groups in total. The van der Waals surface area contributed by atoms with Gasteiger partial charge in [-0.2, -0.15) is 15.0 Å². The van der Waals surface area contributed by atoms with E-state index in [2.05, 4.69) is 19.9 Å². The first-order valence-corrected chi connectivity index (χ1v) is 6.18. The summed E-state index contributed by atoms with van der Waals surface area (Å²) in [5, 5.41) is 1.08. The fourth-order valence-corrected chi connectivity index (χ4v) is 1.89. The Labute approximate surface area is 116 Å². The van der Waals surface area contributed by atoms with Gasteiger partial charge in [-0.25, -0.2) is 4.98 Å². The lowest BCUT2D eigenvalue weighted by atomic mass is 10.2. The molecule has 2 aromatic heterocycles.